The molecule has 0 aliphatic heterocycles. The summed E-state index contributed by atoms with van der Waals surface area (Å²) < 4.78 is 5.68. The average Bonchev–Trinajstić information content (AvgIpc) is 2.89. The lowest BCUT2D eigenvalue weighted by Crippen LogP contribution is -2.15. The van der Waals surface area contributed by atoms with Crippen LogP contribution in [0.2, 0.25) is 0 Å². The molecule has 0 bridgehead atoms. The molecule has 0 fully saturated rings. The van der Waals surface area contributed by atoms with E-state index < -0.39 is 0 Å². The molecule has 4 heteroatoms. The number of benzene rings is 1. The summed E-state index contributed by atoms with van der Waals surface area (Å²) in [4.78, 5) is 2.15. The lowest BCUT2D eigenvalue weighted by molar-refractivity contribution is 0.281. The van der Waals surface area contributed by atoms with Crippen molar-refractivity contribution in [3.8, 4) is 16.9 Å². The number of aromatic nitrogens is 2. The summed E-state index contributed by atoms with van der Waals surface area (Å²) in [6, 6.07) is 8.96. The van der Waals surface area contributed by atoms with Crippen molar-refractivity contribution in [1.29, 1.82) is 0 Å². The number of aromatic amines is 1. The molecular formula is C14H18N3O. The third-order valence-electron chi connectivity index (χ3n) is 2.61. The minimum Gasteiger partial charge on any atom is -0.493 e. The second kappa shape index (κ2) is 6.21. The molecule has 0 saturated carbocycles. The number of nitrogens with zero attached hydrogens (tertiary/aromatic N) is 2. The average molecular weight is 244 g/mol. The third kappa shape index (κ3) is 3.60. The minimum absolute atomic E-state index is 0.712. The fraction of sp³-hybridized carbons (Fsp3) is 0.357. The molecule has 4 nitrogen and oxygen atoms in total. The van der Waals surface area contributed by atoms with E-state index in [0.717, 1.165) is 29.8 Å². The Morgan fingerprint density at radius 3 is 3.00 bits per heavy atom. The highest BCUT2D eigenvalue weighted by molar-refractivity contribution is 5.63. The first-order chi connectivity index (χ1) is 8.75. The van der Waals surface area contributed by atoms with Gasteiger partial charge in [-0.05, 0) is 38.2 Å². The Labute approximate surface area is 108 Å². The van der Waals surface area contributed by atoms with Gasteiger partial charge >= 0.3 is 0 Å². The first-order valence-electron chi connectivity index (χ1n) is 6.04. The van der Waals surface area contributed by atoms with Gasteiger partial charge in [0, 0.05) is 24.4 Å². The molecule has 0 aliphatic carbocycles. The summed E-state index contributed by atoms with van der Waals surface area (Å²) in [5.41, 5.74) is 2.15. The van der Waals surface area contributed by atoms with Crippen molar-refractivity contribution in [2.24, 2.45) is 0 Å². The molecule has 1 N–H and O–H groups in total. The quantitative estimate of drug-likeness (QED) is 0.792. The van der Waals surface area contributed by atoms with Gasteiger partial charge in [-0.3, -0.25) is 5.10 Å². The zero-order valence-corrected chi connectivity index (χ0v) is 10.8. The summed E-state index contributed by atoms with van der Waals surface area (Å²) in [7, 11) is 4.12. The Bertz CT molecular complexity index is 466. The number of H-pyrrole nitrogens is 1. The van der Waals surface area contributed by atoms with E-state index in [1.165, 1.54) is 0 Å². The molecule has 0 saturated heterocycles. The Morgan fingerprint density at radius 1 is 1.39 bits per heavy atom. The Kier molecular flexibility index (Phi) is 4.36. The van der Waals surface area contributed by atoms with Crippen molar-refractivity contribution in [2.45, 2.75) is 6.42 Å². The minimum atomic E-state index is 0.712. The molecule has 2 aromatic rings. The zero-order valence-electron chi connectivity index (χ0n) is 10.8. The van der Waals surface area contributed by atoms with Crippen LogP contribution in [0.15, 0.2) is 30.6 Å². The first-order valence-corrected chi connectivity index (χ1v) is 6.04. The maximum absolute atomic E-state index is 5.68. The van der Waals surface area contributed by atoms with Crippen molar-refractivity contribution in [3.05, 3.63) is 36.7 Å². The van der Waals surface area contributed by atoms with Crippen LogP contribution in [0.4, 0.5) is 0 Å². The van der Waals surface area contributed by atoms with Crippen LogP contribution in [0.3, 0.4) is 0 Å². The molecule has 2 rings (SSSR count). The highest BCUT2D eigenvalue weighted by atomic mass is 16.5. The molecule has 0 unspecified atom stereocenters. The Hall–Kier alpha value is -1.81. The van der Waals surface area contributed by atoms with Gasteiger partial charge in [0.15, 0.2) is 0 Å². The second-order valence-electron chi connectivity index (χ2n) is 4.43. The summed E-state index contributed by atoms with van der Waals surface area (Å²) in [5, 5.41) is 6.75. The summed E-state index contributed by atoms with van der Waals surface area (Å²) in [5.74, 6) is 0.785. The van der Waals surface area contributed by atoms with Gasteiger partial charge in [0.05, 0.1) is 12.8 Å². The van der Waals surface area contributed by atoms with E-state index in [9.17, 15) is 0 Å². The van der Waals surface area contributed by atoms with E-state index in [0.29, 0.717) is 6.61 Å². The van der Waals surface area contributed by atoms with E-state index >= 15 is 0 Å². The molecule has 1 aromatic carbocycles. The molecular weight excluding hydrogens is 226 g/mol. The van der Waals surface area contributed by atoms with E-state index in [-0.39, 0.29) is 0 Å². The standard InChI is InChI=1S/C14H18N3O/c1-17(2)7-4-8-18-14-6-3-5-12(9-14)13-10-15-16-11-13/h3,5,9-11H,4,7-8H2,1-2H3,(H,15,16). The molecule has 0 aliphatic rings. The Morgan fingerprint density at radius 2 is 2.28 bits per heavy atom. The summed E-state index contributed by atoms with van der Waals surface area (Å²) in [6.45, 7) is 1.74. The van der Waals surface area contributed by atoms with Gasteiger partial charge in [0.25, 0.3) is 0 Å². The van der Waals surface area contributed by atoms with Crippen LogP contribution in [-0.2, 0) is 0 Å². The molecule has 18 heavy (non-hydrogen) atoms. The largest absolute Gasteiger partial charge is 0.493 e. The monoisotopic (exact) mass is 244 g/mol. The first kappa shape index (κ1) is 12.6. The van der Waals surface area contributed by atoms with Gasteiger partial charge in [-0.2, -0.15) is 5.10 Å². The van der Waals surface area contributed by atoms with Crippen LogP contribution in [0.25, 0.3) is 11.1 Å². The van der Waals surface area contributed by atoms with Crippen molar-refractivity contribution < 1.29 is 4.74 Å². The molecule has 95 valence electrons. The van der Waals surface area contributed by atoms with Crippen LogP contribution >= 0.6 is 0 Å². The van der Waals surface area contributed by atoms with Gasteiger partial charge in [-0.1, -0.05) is 6.07 Å². The maximum Gasteiger partial charge on any atom is 0.127 e. The lowest BCUT2D eigenvalue weighted by Gasteiger charge is -2.10. The number of rotatable bonds is 6. The SMILES string of the molecule is CN(C)CCCOc1[c]ccc(-c2cn[nH]c2)c1. The van der Waals surface area contributed by atoms with Crippen LogP contribution in [0.5, 0.6) is 5.75 Å². The molecule has 1 aromatic heterocycles. The smallest absolute Gasteiger partial charge is 0.127 e. The number of hydrogen-bond acceptors (Lipinski definition) is 3. The second-order valence-corrected chi connectivity index (χ2v) is 4.43. The zero-order chi connectivity index (χ0) is 12.8. The molecule has 0 spiro atoms. The van der Waals surface area contributed by atoms with Crippen molar-refractivity contribution in [2.75, 3.05) is 27.2 Å². The van der Waals surface area contributed by atoms with Crippen LogP contribution in [0, 0.1) is 6.07 Å². The van der Waals surface area contributed by atoms with Crippen molar-refractivity contribution in [3.63, 3.8) is 0 Å². The lowest BCUT2D eigenvalue weighted by atomic mass is 10.1. The molecule has 1 heterocycles. The number of hydrogen-bond donors (Lipinski definition) is 1. The van der Waals surface area contributed by atoms with Crippen LogP contribution in [-0.4, -0.2) is 42.3 Å². The Balaban J connectivity index is 1.92. The van der Waals surface area contributed by atoms with Crippen LogP contribution < -0.4 is 4.74 Å². The van der Waals surface area contributed by atoms with Gasteiger partial charge < -0.3 is 9.64 Å². The molecule has 1 radical (unpaired) electrons. The number of ether oxygens (including phenoxy) is 1. The normalized spacial score (nSPS) is 10.8. The van der Waals surface area contributed by atoms with E-state index in [1.807, 2.05) is 24.4 Å². The topological polar surface area (TPSA) is 41.1 Å². The van der Waals surface area contributed by atoms with E-state index in [4.69, 9.17) is 4.74 Å². The van der Waals surface area contributed by atoms with Crippen molar-refractivity contribution in [1.82, 2.24) is 15.1 Å². The number of nitrogens with one attached hydrogen (secondary N) is 1. The third-order valence-corrected chi connectivity index (χ3v) is 2.61. The molecule has 0 atom stereocenters. The highest BCUT2D eigenvalue weighted by Crippen LogP contribution is 2.22. The van der Waals surface area contributed by atoms with E-state index in [1.54, 1.807) is 6.20 Å². The van der Waals surface area contributed by atoms with Crippen LogP contribution in [0.1, 0.15) is 6.42 Å². The van der Waals surface area contributed by atoms with Gasteiger partial charge in [-0.25, -0.2) is 0 Å². The summed E-state index contributed by atoms with van der Waals surface area (Å²) >= 11 is 0. The predicted molar refractivity (Wildman–Crippen MR) is 71.5 cm³/mol. The van der Waals surface area contributed by atoms with Crippen molar-refractivity contribution >= 4 is 0 Å². The predicted octanol–water partition coefficient (Wildman–Crippen LogP) is 2.21. The highest BCUT2D eigenvalue weighted by Gasteiger charge is 2.01. The van der Waals surface area contributed by atoms with Gasteiger partial charge in [0.1, 0.15) is 5.75 Å². The van der Waals surface area contributed by atoms with E-state index in [2.05, 4.69) is 35.3 Å². The fourth-order valence-electron chi connectivity index (χ4n) is 1.68. The fourth-order valence-corrected chi connectivity index (χ4v) is 1.68. The maximum atomic E-state index is 5.68. The van der Waals surface area contributed by atoms with Gasteiger partial charge in [-0.15, -0.1) is 0 Å². The molecule has 0 amide bonds. The summed E-state index contributed by atoms with van der Waals surface area (Å²) in [6.07, 6.45) is 4.67. The van der Waals surface area contributed by atoms with Gasteiger partial charge in [0.2, 0.25) is 0 Å².